The highest BCUT2D eigenvalue weighted by Gasteiger charge is 2.14. The molecule has 0 aliphatic rings. The number of carboxylic acids is 1. The molecule has 0 aliphatic heterocycles. The summed E-state index contributed by atoms with van der Waals surface area (Å²) in [6.45, 7) is 1.91. The van der Waals surface area contributed by atoms with Crippen LogP contribution >= 0.6 is 15.9 Å². The second-order valence-electron chi connectivity index (χ2n) is 3.08. The van der Waals surface area contributed by atoms with E-state index in [1.807, 2.05) is 13.0 Å². The van der Waals surface area contributed by atoms with E-state index in [-0.39, 0.29) is 5.56 Å². The molecule has 1 aromatic carbocycles. The number of aromatic carboxylic acids is 1. The van der Waals surface area contributed by atoms with Crippen LogP contribution in [0.15, 0.2) is 27.3 Å². The van der Waals surface area contributed by atoms with E-state index < -0.39 is 5.97 Å². The van der Waals surface area contributed by atoms with Crippen molar-refractivity contribution in [2.24, 2.45) is 0 Å². The molecule has 0 atom stereocenters. The van der Waals surface area contributed by atoms with Crippen molar-refractivity contribution in [3.05, 3.63) is 34.0 Å². The van der Waals surface area contributed by atoms with Crippen LogP contribution in [0, 0.1) is 6.92 Å². The van der Waals surface area contributed by atoms with Crippen LogP contribution in [0.3, 0.4) is 0 Å². The number of hydrogen-bond acceptors (Lipinski definition) is 2. The Bertz CT molecular complexity index is 513. The summed E-state index contributed by atoms with van der Waals surface area (Å²) in [5, 5.41) is 9.51. The van der Waals surface area contributed by atoms with Crippen molar-refractivity contribution in [1.82, 2.24) is 0 Å². The van der Waals surface area contributed by atoms with Crippen molar-refractivity contribution >= 4 is 32.9 Å². The molecule has 0 radical (unpaired) electrons. The molecule has 0 bridgehead atoms. The Morgan fingerprint density at radius 1 is 1.50 bits per heavy atom. The van der Waals surface area contributed by atoms with Crippen molar-refractivity contribution in [1.29, 1.82) is 0 Å². The number of aryl methyl sites for hydroxylation is 1. The number of furan rings is 1. The van der Waals surface area contributed by atoms with Gasteiger partial charge in [0, 0.05) is 5.39 Å². The van der Waals surface area contributed by atoms with Crippen LogP contribution in [0.5, 0.6) is 0 Å². The van der Waals surface area contributed by atoms with E-state index in [1.54, 1.807) is 6.07 Å². The molecule has 2 aromatic rings. The van der Waals surface area contributed by atoms with Crippen LogP contribution in [-0.2, 0) is 0 Å². The Kier molecular flexibility index (Phi) is 2.07. The zero-order valence-electron chi connectivity index (χ0n) is 7.37. The summed E-state index contributed by atoms with van der Waals surface area (Å²) < 4.78 is 5.95. The van der Waals surface area contributed by atoms with Gasteiger partial charge in [0.1, 0.15) is 17.4 Å². The van der Waals surface area contributed by atoms with Crippen LogP contribution in [0.25, 0.3) is 11.0 Å². The van der Waals surface area contributed by atoms with Gasteiger partial charge < -0.3 is 9.52 Å². The summed E-state index contributed by atoms with van der Waals surface area (Å²) in [5.74, 6) is -0.971. The molecule has 0 spiro atoms. The molecular weight excluding hydrogens is 248 g/mol. The predicted octanol–water partition coefficient (Wildman–Crippen LogP) is 3.20. The Morgan fingerprint density at radius 2 is 2.21 bits per heavy atom. The third-order valence-electron chi connectivity index (χ3n) is 2.00. The quantitative estimate of drug-likeness (QED) is 0.851. The SMILES string of the molecule is Cc1cc(Br)c2occ(C(=O)O)c2c1. The van der Waals surface area contributed by atoms with E-state index in [4.69, 9.17) is 9.52 Å². The number of rotatable bonds is 1. The largest absolute Gasteiger partial charge is 0.478 e. The monoisotopic (exact) mass is 254 g/mol. The van der Waals surface area contributed by atoms with Crippen molar-refractivity contribution < 1.29 is 14.3 Å². The van der Waals surface area contributed by atoms with E-state index in [9.17, 15) is 4.79 Å². The Balaban J connectivity index is 2.85. The lowest BCUT2D eigenvalue weighted by molar-refractivity contribution is 0.0698. The lowest BCUT2D eigenvalue weighted by Gasteiger charge is -1.96. The summed E-state index contributed by atoms with van der Waals surface area (Å²) in [7, 11) is 0. The van der Waals surface area contributed by atoms with Gasteiger partial charge in [0.15, 0.2) is 0 Å². The van der Waals surface area contributed by atoms with Crippen molar-refractivity contribution in [2.45, 2.75) is 6.92 Å². The van der Waals surface area contributed by atoms with Gasteiger partial charge in [0.2, 0.25) is 0 Å². The van der Waals surface area contributed by atoms with Gasteiger partial charge >= 0.3 is 5.97 Å². The first kappa shape index (κ1) is 9.27. The molecule has 0 unspecified atom stereocenters. The topological polar surface area (TPSA) is 50.4 Å². The van der Waals surface area contributed by atoms with E-state index in [0.717, 1.165) is 10.0 Å². The van der Waals surface area contributed by atoms with Gasteiger partial charge in [0.05, 0.1) is 4.47 Å². The molecule has 72 valence electrons. The lowest BCUT2D eigenvalue weighted by atomic mass is 10.1. The first-order valence-electron chi connectivity index (χ1n) is 4.00. The molecule has 0 saturated carbocycles. The zero-order chi connectivity index (χ0) is 10.3. The maximum atomic E-state index is 10.8. The molecule has 1 N–H and O–H groups in total. The normalized spacial score (nSPS) is 10.7. The second kappa shape index (κ2) is 3.13. The highest BCUT2D eigenvalue weighted by Crippen LogP contribution is 2.29. The van der Waals surface area contributed by atoms with E-state index in [1.165, 1.54) is 6.26 Å². The fourth-order valence-electron chi connectivity index (χ4n) is 1.40. The summed E-state index contributed by atoms with van der Waals surface area (Å²) >= 11 is 3.32. The molecule has 3 nitrogen and oxygen atoms in total. The lowest BCUT2D eigenvalue weighted by Crippen LogP contribution is -1.93. The standard InChI is InChI=1S/C10H7BrO3/c1-5-2-6-7(10(12)13)4-14-9(6)8(11)3-5/h2-4H,1H3,(H,12,13). The van der Waals surface area contributed by atoms with Gasteiger partial charge in [-0.1, -0.05) is 0 Å². The molecule has 0 amide bonds. The summed E-state index contributed by atoms with van der Waals surface area (Å²) in [4.78, 5) is 10.8. The average Bonchev–Trinajstić information content (AvgIpc) is 2.47. The Labute approximate surface area is 88.5 Å². The number of hydrogen-bond donors (Lipinski definition) is 1. The number of halogens is 1. The van der Waals surface area contributed by atoms with E-state index in [2.05, 4.69) is 15.9 Å². The fraction of sp³-hybridized carbons (Fsp3) is 0.100. The highest BCUT2D eigenvalue weighted by atomic mass is 79.9. The smallest absolute Gasteiger partial charge is 0.339 e. The maximum absolute atomic E-state index is 10.8. The summed E-state index contributed by atoms with van der Waals surface area (Å²) in [6, 6.07) is 3.69. The van der Waals surface area contributed by atoms with Crippen LogP contribution in [-0.4, -0.2) is 11.1 Å². The van der Waals surface area contributed by atoms with Crippen LogP contribution < -0.4 is 0 Å². The summed E-state index contributed by atoms with van der Waals surface area (Å²) in [6.07, 6.45) is 1.26. The van der Waals surface area contributed by atoms with E-state index in [0.29, 0.717) is 11.0 Å². The number of carboxylic acid groups (broad SMARTS) is 1. The first-order valence-corrected chi connectivity index (χ1v) is 4.79. The second-order valence-corrected chi connectivity index (χ2v) is 3.93. The maximum Gasteiger partial charge on any atom is 0.339 e. The molecule has 1 heterocycles. The molecule has 2 rings (SSSR count). The van der Waals surface area contributed by atoms with Crippen LogP contribution in [0.2, 0.25) is 0 Å². The number of benzene rings is 1. The van der Waals surface area contributed by atoms with Gasteiger partial charge in [-0.05, 0) is 40.5 Å². The third kappa shape index (κ3) is 1.32. The van der Waals surface area contributed by atoms with Gasteiger partial charge in [-0.25, -0.2) is 4.79 Å². The van der Waals surface area contributed by atoms with E-state index >= 15 is 0 Å². The van der Waals surface area contributed by atoms with Crippen molar-refractivity contribution in [3.63, 3.8) is 0 Å². The molecular formula is C10H7BrO3. The van der Waals surface area contributed by atoms with Gasteiger partial charge in [-0.2, -0.15) is 0 Å². The molecule has 0 fully saturated rings. The summed E-state index contributed by atoms with van der Waals surface area (Å²) in [5.41, 5.74) is 1.77. The molecule has 14 heavy (non-hydrogen) atoms. The Morgan fingerprint density at radius 3 is 2.86 bits per heavy atom. The first-order chi connectivity index (χ1) is 6.59. The van der Waals surface area contributed by atoms with Crippen molar-refractivity contribution in [3.8, 4) is 0 Å². The molecule has 0 aliphatic carbocycles. The molecule has 1 aromatic heterocycles. The van der Waals surface area contributed by atoms with Gasteiger partial charge in [0.25, 0.3) is 0 Å². The highest BCUT2D eigenvalue weighted by molar-refractivity contribution is 9.10. The number of carbonyl (C=O) groups is 1. The minimum atomic E-state index is -0.971. The minimum Gasteiger partial charge on any atom is -0.478 e. The zero-order valence-corrected chi connectivity index (χ0v) is 8.96. The van der Waals surface area contributed by atoms with Gasteiger partial charge in [-0.15, -0.1) is 0 Å². The molecule has 0 saturated heterocycles. The van der Waals surface area contributed by atoms with Crippen LogP contribution in [0.4, 0.5) is 0 Å². The van der Waals surface area contributed by atoms with Gasteiger partial charge in [-0.3, -0.25) is 0 Å². The number of fused-ring (bicyclic) bond motifs is 1. The predicted molar refractivity (Wildman–Crippen MR) is 55.6 cm³/mol. The molecule has 4 heteroatoms. The average molecular weight is 255 g/mol. The fourth-order valence-corrected chi connectivity index (χ4v) is 2.06. The van der Waals surface area contributed by atoms with Crippen LogP contribution in [0.1, 0.15) is 15.9 Å². The van der Waals surface area contributed by atoms with Crippen molar-refractivity contribution in [2.75, 3.05) is 0 Å². The minimum absolute atomic E-state index is 0.199. The third-order valence-corrected chi connectivity index (χ3v) is 2.59. The Hall–Kier alpha value is -1.29.